The second-order valence-electron chi connectivity index (χ2n) is 3.62. The van der Waals surface area contributed by atoms with Crippen LogP contribution in [0.5, 0.6) is 0 Å². The second-order valence-corrected chi connectivity index (χ2v) is 8.58. The molecule has 0 heterocycles. The van der Waals surface area contributed by atoms with Gasteiger partial charge >= 0.3 is 12.4 Å². The van der Waals surface area contributed by atoms with E-state index in [2.05, 4.69) is 0 Å². The summed E-state index contributed by atoms with van der Waals surface area (Å²) in [7, 11) is -10.3. The lowest BCUT2D eigenvalue weighted by Crippen LogP contribution is -2.40. The normalized spacial score (nSPS) is 16.4. The number of rotatable bonds is 5. The van der Waals surface area contributed by atoms with Crippen molar-refractivity contribution < 1.29 is 43.2 Å². The summed E-state index contributed by atoms with van der Waals surface area (Å²) in [6.07, 6.45) is -12.9. The Hall–Kier alpha value is -0.520. The van der Waals surface area contributed by atoms with Crippen molar-refractivity contribution in [1.29, 1.82) is 0 Å². The van der Waals surface area contributed by atoms with E-state index in [0.29, 0.717) is 0 Å². The Balaban J connectivity index is 5.63. The number of halogens is 6. The summed E-state index contributed by atoms with van der Waals surface area (Å²) in [6, 6.07) is 0. The van der Waals surface area contributed by atoms with Crippen molar-refractivity contribution in [2.45, 2.75) is 30.3 Å². The van der Waals surface area contributed by atoms with Crippen LogP contribution < -0.4 is 0 Å². The van der Waals surface area contributed by atoms with Gasteiger partial charge < -0.3 is 0 Å². The second kappa shape index (κ2) is 5.46. The summed E-state index contributed by atoms with van der Waals surface area (Å²) in [5.41, 5.74) is 0. The van der Waals surface area contributed by atoms with Crippen LogP contribution in [-0.4, -0.2) is 45.3 Å². The zero-order chi connectivity index (χ0) is 15.7. The molecule has 0 aromatic heterocycles. The van der Waals surface area contributed by atoms with E-state index in [4.69, 9.17) is 0 Å². The Bertz CT molecular complexity index is 501. The molecule has 0 rings (SSSR count). The van der Waals surface area contributed by atoms with Gasteiger partial charge in [-0.2, -0.15) is 26.3 Å². The van der Waals surface area contributed by atoms with Crippen LogP contribution in [0, 0.1) is 0 Å². The number of sulfone groups is 2. The average Bonchev–Trinajstić information content (AvgIpc) is 2.08. The minimum absolute atomic E-state index is 0.849. The largest absolute Gasteiger partial charge is 0.402 e. The summed E-state index contributed by atoms with van der Waals surface area (Å²) in [5.74, 6) is -3.62. The van der Waals surface area contributed by atoms with Crippen molar-refractivity contribution in [3.05, 3.63) is 0 Å². The number of alkyl halides is 6. The van der Waals surface area contributed by atoms with Crippen LogP contribution in [0.25, 0.3) is 0 Å². The molecular weight excluding hydrogens is 326 g/mol. The predicted molar refractivity (Wildman–Crippen MR) is 53.8 cm³/mol. The van der Waals surface area contributed by atoms with Crippen LogP contribution in [0.15, 0.2) is 0 Å². The van der Waals surface area contributed by atoms with Crippen molar-refractivity contribution in [3.8, 4) is 0 Å². The van der Waals surface area contributed by atoms with Gasteiger partial charge in [0.1, 0.15) is 5.75 Å². The van der Waals surface area contributed by atoms with Crippen LogP contribution in [0.4, 0.5) is 26.3 Å². The molecule has 0 fully saturated rings. The van der Waals surface area contributed by atoms with Gasteiger partial charge in [-0.15, -0.1) is 0 Å². The highest BCUT2D eigenvalue weighted by molar-refractivity contribution is 8.09. The molecule has 116 valence electrons. The number of hydrogen-bond donors (Lipinski definition) is 0. The van der Waals surface area contributed by atoms with Gasteiger partial charge in [-0.25, -0.2) is 16.8 Å². The Labute approximate surface area is 105 Å². The van der Waals surface area contributed by atoms with E-state index in [0.717, 1.165) is 6.92 Å². The molecule has 1 atom stereocenters. The van der Waals surface area contributed by atoms with Crippen molar-refractivity contribution >= 4 is 19.7 Å². The van der Waals surface area contributed by atoms with E-state index in [1.54, 1.807) is 0 Å². The third-order valence-electron chi connectivity index (χ3n) is 1.97. The molecule has 0 saturated heterocycles. The first-order valence-corrected chi connectivity index (χ1v) is 8.10. The molecule has 1 unspecified atom stereocenters. The fourth-order valence-corrected chi connectivity index (χ4v) is 5.47. The highest BCUT2D eigenvalue weighted by Crippen LogP contribution is 2.31. The van der Waals surface area contributed by atoms with Crippen molar-refractivity contribution in [2.75, 3.05) is 11.5 Å². The van der Waals surface area contributed by atoms with E-state index in [1.807, 2.05) is 0 Å². The van der Waals surface area contributed by atoms with E-state index in [9.17, 15) is 43.2 Å². The molecule has 0 amide bonds. The van der Waals surface area contributed by atoms with Gasteiger partial charge in [-0.05, 0) is 0 Å². The van der Waals surface area contributed by atoms with Crippen molar-refractivity contribution in [2.24, 2.45) is 0 Å². The van der Waals surface area contributed by atoms with Gasteiger partial charge in [0.2, 0.25) is 0 Å². The highest BCUT2D eigenvalue weighted by Gasteiger charge is 2.49. The van der Waals surface area contributed by atoms with Crippen molar-refractivity contribution in [3.63, 3.8) is 0 Å². The smallest absolute Gasteiger partial charge is 0.227 e. The Kier molecular flexibility index (Phi) is 5.31. The zero-order valence-corrected chi connectivity index (χ0v) is 11.0. The van der Waals surface area contributed by atoms with Crippen LogP contribution in [0.3, 0.4) is 0 Å². The third kappa shape index (κ3) is 6.45. The first-order valence-electron chi connectivity index (χ1n) is 4.67. The van der Waals surface area contributed by atoms with Crippen molar-refractivity contribution in [1.82, 2.24) is 0 Å². The van der Waals surface area contributed by atoms with Crippen LogP contribution in [0.1, 0.15) is 13.3 Å². The number of hydrogen-bond acceptors (Lipinski definition) is 4. The van der Waals surface area contributed by atoms with Gasteiger partial charge in [-0.3, -0.25) is 0 Å². The first-order chi connectivity index (χ1) is 8.11. The minimum Gasteiger partial charge on any atom is -0.227 e. The lowest BCUT2D eigenvalue weighted by molar-refractivity contribution is -0.132. The van der Waals surface area contributed by atoms with Crippen LogP contribution in [0.2, 0.25) is 0 Å². The predicted octanol–water partition coefficient (Wildman–Crippen LogP) is 1.68. The molecular formula is C7H10F6O4S2. The molecule has 0 aliphatic carbocycles. The highest BCUT2D eigenvalue weighted by atomic mass is 32.3. The molecule has 0 N–H and O–H groups in total. The molecule has 19 heavy (non-hydrogen) atoms. The lowest BCUT2D eigenvalue weighted by Gasteiger charge is -2.19. The summed E-state index contributed by atoms with van der Waals surface area (Å²) >= 11 is 0. The van der Waals surface area contributed by atoms with Gasteiger partial charge in [0.05, 0.1) is 6.42 Å². The maximum absolute atomic E-state index is 12.1. The Morgan fingerprint density at radius 1 is 0.842 bits per heavy atom. The van der Waals surface area contributed by atoms with Crippen LogP contribution >= 0.6 is 0 Å². The molecule has 0 aromatic rings. The van der Waals surface area contributed by atoms with E-state index in [-0.39, 0.29) is 0 Å². The molecule has 0 spiro atoms. The molecule has 0 aliphatic heterocycles. The summed E-state index contributed by atoms with van der Waals surface area (Å²) in [5, 5.41) is 0. The standard InChI is InChI=1S/C7H10F6O4S2/c1-2-18(14,15)5(3-6(8,9)10)19(16,17)4-7(11,12)13/h5H,2-4H2,1H3. The molecule has 4 nitrogen and oxygen atoms in total. The average molecular weight is 336 g/mol. The molecule has 0 aliphatic rings. The summed E-state index contributed by atoms with van der Waals surface area (Å²) in [6.45, 7) is 0.849. The van der Waals surface area contributed by atoms with Crippen LogP contribution in [-0.2, 0) is 19.7 Å². The fraction of sp³-hybridized carbons (Fsp3) is 1.00. The minimum atomic E-state index is -5.52. The Morgan fingerprint density at radius 3 is 1.53 bits per heavy atom. The van der Waals surface area contributed by atoms with E-state index >= 15 is 0 Å². The monoisotopic (exact) mass is 336 g/mol. The topological polar surface area (TPSA) is 68.3 Å². The molecule has 0 saturated carbocycles. The maximum atomic E-state index is 12.1. The van der Waals surface area contributed by atoms with Gasteiger partial charge in [0.15, 0.2) is 24.3 Å². The van der Waals surface area contributed by atoms with E-state index in [1.165, 1.54) is 0 Å². The summed E-state index contributed by atoms with van der Waals surface area (Å²) in [4.78, 5) is 0. The molecule has 0 bridgehead atoms. The Morgan fingerprint density at radius 2 is 1.26 bits per heavy atom. The van der Waals surface area contributed by atoms with E-state index < -0.39 is 54.5 Å². The quantitative estimate of drug-likeness (QED) is 0.717. The molecule has 0 aromatic carbocycles. The van der Waals surface area contributed by atoms with Gasteiger partial charge in [0.25, 0.3) is 0 Å². The molecule has 0 radical (unpaired) electrons. The lowest BCUT2D eigenvalue weighted by atomic mass is 10.5. The fourth-order valence-electron chi connectivity index (χ4n) is 1.17. The zero-order valence-electron chi connectivity index (χ0n) is 9.42. The first kappa shape index (κ1) is 18.5. The maximum Gasteiger partial charge on any atom is 0.402 e. The summed E-state index contributed by atoms with van der Waals surface area (Å²) < 4.78 is 114. The third-order valence-corrected chi connectivity index (χ3v) is 7.20. The van der Waals surface area contributed by atoms with Gasteiger partial charge in [-0.1, -0.05) is 6.92 Å². The molecule has 12 heteroatoms. The SMILES string of the molecule is CCS(=O)(=O)C(CC(F)(F)F)S(=O)(=O)CC(F)(F)F. The van der Waals surface area contributed by atoms with Gasteiger partial charge in [0, 0.05) is 5.75 Å².